The van der Waals surface area contributed by atoms with Crippen LogP contribution in [-0.2, 0) is 40.5 Å². The van der Waals surface area contributed by atoms with Crippen molar-refractivity contribution in [1.82, 2.24) is 23.8 Å². The lowest BCUT2D eigenvalue weighted by molar-refractivity contribution is -0.134. The molecule has 1 atom stereocenters. The van der Waals surface area contributed by atoms with E-state index in [2.05, 4.69) is 5.10 Å². The summed E-state index contributed by atoms with van der Waals surface area (Å²) in [5.74, 6) is 0.454. The van der Waals surface area contributed by atoms with Crippen molar-refractivity contribution in [2.45, 2.75) is 38.3 Å². The zero-order chi connectivity index (χ0) is 19.7. The van der Waals surface area contributed by atoms with E-state index < -0.39 is 5.60 Å². The number of ether oxygens (including phenoxy) is 2. The second-order valence-electron chi connectivity index (χ2n) is 7.20. The van der Waals surface area contributed by atoms with Gasteiger partial charge in [-0.1, -0.05) is 6.07 Å². The van der Waals surface area contributed by atoms with Crippen molar-refractivity contribution < 1.29 is 14.3 Å². The molecule has 0 N–H and O–H groups in total. The van der Waals surface area contributed by atoms with Gasteiger partial charge in [-0.2, -0.15) is 5.10 Å². The van der Waals surface area contributed by atoms with Gasteiger partial charge in [0.05, 0.1) is 26.2 Å². The molecule has 0 bridgehead atoms. The van der Waals surface area contributed by atoms with E-state index in [9.17, 15) is 14.4 Å². The fourth-order valence-corrected chi connectivity index (χ4v) is 3.77. The molecule has 10 nitrogen and oxygen atoms in total. The van der Waals surface area contributed by atoms with Crippen LogP contribution in [0.3, 0.4) is 0 Å². The summed E-state index contributed by atoms with van der Waals surface area (Å²) in [6.07, 6.45) is 2.24. The molecule has 1 amide bonds. The Balaban J connectivity index is 1.46. The van der Waals surface area contributed by atoms with Crippen molar-refractivity contribution in [3.05, 3.63) is 51.1 Å². The van der Waals surface area contributed by atoms with Crippen molar-refractivity contribution >= 4 is 5.91 Å². The van der Waals surface area contributed by atoms with Crippen LogP contribution in [-0.4, -0.2) is 62.1 Å². The zero-order valence-electron chi connectivity index (χ0n) is 15.7. The quantitative estimate of drug-likeness (QED) is 0.654. The van der Waals surface area contributed by atoms with E-state index in [-0.39, 0.29) is 30.3 Å². The molecule has 0 saturated carbocycles. The number of aromatic nitrogens is 4. The summed E-state index contributed by atoms with van der Waals surface area (Å²) < 4.78 is 15.5. The molecule has 0 aliphatic carbocycles. The third-order valence-electron chi connectivity index (χ3n) is 5.33. The number of nitrogens with zero attached hydrogens (tertiary/aromatic N) is 5. The van der Waals surface area contributed by atoms with Crippen LogP contribution in [0.4, 0.5) is 0 Å². The smallest absolute Gasteiger partial charge is 0.346 e. The van der Waals surface area contributed by atoms with Gasteiger partial charge in [-0.15, -0.1) is 0 Å². The lowest BCUT2D eigenvalue weighted by atomic mass is 10.0. The average molecular weight is 389 g/mol. The summed E-state index contributed by atoms with van der Waals surface area (Å²) in [7, 11) is 1.58. The lowest BCUT2D eigenvalue weighted by Crippen LogP contribution is -2.47. The maximum atomic E-state index is 12.6. The Bertz CT molecular complexity index is 993. The number of carbonyl (C=O) groups excluding carboxylic acids is 1. The van der Waals surface area contributed by atoms with Crippen LogP contribution >= 0.6 is 0 Å². The Morgan fingerprint density at radius 3 is 2.96 bits per heavy atom. The molecule has 4 rings (SSSR count). The fourth-order valence-electron chi connectivity index (χ4n) is 3.77. The Hall–Kier alpha value is -2.72. The fraction of sp³-hybridized carbons (Fsp3) is 0.556. The van der Waals surface area contributed by atoms with E-state index in [4.69, 9.17) is 9.47 Å². The van der Waals surface area contributed by atoms with Crippen LogP contribution in [0.2, 0.25) is 0 Å². The Kier molecular flexibility index (Phi) is 4.90. The largest absolute Gasteiger partial charge is 0.383 e. The van der Waals surface area contributed by atoms with Crippen molar-refractivity contribution in [2.24, 2.45) is 0 Å². The van der Waals surface area contributed by atoms with E-state index in [1.165, 1.54) is 15.3 Å². The van der Waals surface area contributed by atoms with Gasteiger partial charge in [0.2, 0.25) is 5.91 Å². The van der Waals surface area contributed by atoms with Gasteiger partial charge in [0, 0.05) is 25.9 Å². The van der Waals surface area contributed by atoms with Gasteiger partial charge in [-0.25, -0.2) is 9.48 Å². The van der Waals surface area contributed by atoms with Gasteiger partial charge in [0.15, 0.2) is 5.82 Å². The number of hydrogen-bond acceptors (Lipinski definition) is 6. The SMILES string of the molecule is COCCn1nc2n(c1=O)CC1(CCN(C(=O)Cn3ccccc3=O)C1)OC2. The van der Waals surface area contributed by atoms with Crippen molar-refractivity contribution in [3.63, 3.8) is 0 Å². The molecule has 1 fully saturated rings. The maximum absolute atomic E-state index is 12.6. The first kappa shape index (κ1) is 18.6. The van der Waals surface area contributed by atoms with Crippen molar-refractivity contribution in [1.29, 1.82) is 0 Å². The number of rotatable bonds is 5. The highest BCUT2D eigenvalue weighted by atomic mass is 16.5. The number of fused-ring (bicyclic) bond motifs is 1. The predicted octanol–water partition coefficient (Wildman–Crippen LogP) is -0.946. The molecule has 1 spiro atoms. The first-order valence-corrected chi connectivity index (χ1v) is 9.24. The number of hydrogen-bond donors (Lipinski definition) is 0. The molecular weight excluding hydrogens is 366 g/mol. The van der Waals surface area contributed by atoms with Gasteiger partial charge in [0.25, 0.3) is 5.56 Å². The van der Waals surface area contributed by atoms with Crippen LogP contribution in [0.15, 0.2) is 34.0 Å². The molecule has 2 aliphatic heterocycles. The van der Waals surface area contributed by atoms with Gasteiger partial charge in [0.1, 0.15) is 18.8 Å². The Morgan fingerprint density at radius 1 is 1.32 bits per heavy atom. The molecular formula is C18H23N5O5. The molecule has 10 heteroatoms. The molecule has 1 saturated heterocycles. The van der Waals surface area contributed by atoms with Crippen molar-refractivity contribution in [2.75, 3.05) is 26.8 Å². The van der Waals surface area contributed by atoms with Crippen LogP contribution < -0.4 is 11.2 Å². The molecule has 2 aliphatic rings. The number of carbonyl (C=O) groups is 1. The molecule has 1 unspecified atom stereocenters. The second-order valence-corrected chi connectivity index (χ2v) is 7.20. The minimum Gasteiger partial charge on any atom is -0.383 e. The highest BCUT2D eigenvalue weighted by molar-refractivity contribution is 5.76. The van der Waals surface area contributed by atoms with Crippen LogP contribution in [0.1, 0.15) is 12.2 Å². The first-order valence-electron chi connectivity index (χ1n) is 9.24. The topological polar surface area (TPSA) is 101 Å². The van der Waals surface area contributed by atoms with E-state index in [0.717, 1.165) is 0 Å². The monoisotopic (exact) mass is 389 g/mol. The van der Waals surface area contributed by atoms with Crippen LogP contribution in [0, 0.1) is 0 Å². The summed E-state index contributed by atoms with van der Waals surface area (Å²) in [5, 5.41) is 4.31. The van der Waals surface area contributed by atoms with Gasteiger partial charge in [-0.3, -0.25) is 14.2 Å². The number of likely N-dealkylation sites (tertiary alicyclic amines) is 1. The summed E-state index contributed by atoms with van der Waals surface area (Å²) in [6, 6.07) is 4.80. The summed E-state index contributed by atoms with van der Waals surface area (Å²) in [6.45, 7) is 2.31. The van der Waals surface area contributed by atoms with Crippen LogP contribution in [0.5, 0.6) is 0 Å². The summed E-state index contributed by atoms with van der Waals surface area (Å²) in [5.41, 5.74) is -0.989. The molecule has 2 aromatic heterocycles. The Labute approximate surface area is 160 Å². The molecule has 28 heavy (non-hydrogen) atoms. The highest BCUT2D eigenvalue weighted by Crippen LogP contribution is 2.31. The summed E-state index contributed by atoms with van der Waals surface area (Å²) >= 11 is 0. The Morgan fingerprint density at radius 2 is 2.18 bits per heavy atom. The van der Waals surface area contributed by atoms with E-state index in [1.807, 2.05) is 0 Å². The maximum Gasteiger partial charge on any atom is 0.346 e. The highest BCUT2D eigenvalue weighted by Gasteiger charge is 2.44. The lowest BCUT2D eigenvalue weighted by Gasteiger charge is -2.33. The van der Waals surface area contributed by atoms with Crippen LogP contribution in [0.25, 0.3) is 0 Å². The zero-order valence-corrected chi connectivity index (χ0v) is 15.7. The predicted molar refractivity (Wildman–Crippen MR) is 97.8 cm³/mol. The van der Waals surface area contributed by atoms with E-state index in [1.54, 1.807) is 34.9 Å². The average Bonchev–Trinajstić information content (AvgIpc) is 3.24. The summed E-state index contributed by atoms with van der Waals surface area (Å²) in [4.78, 5) is 38.8. The minimum absolute atomic E-state index is 0.00407. The van der Waals surface area contributed by atoms with Crippen molar-refractivity contribution in [3.8, 4) is 0 Å². The molecule has 4 heterocycles. The number of methoxy groups -OCH3 is 1. The third-order valence-corrected chi connectivity index (χ3v) is 5.33. The van der Waals surface area contributed by atoms with E-state index in [0.29, 0.717) is 45.0 Å². The molecule has 2 aromatic rings. The third kappa shape index (κ3) is 3.40. The first-order chi connectivity index (χ1) is 13.5. The minimum atomic E-state index is -0.594. The van der Waals surface area contributed by atoms with Gasteiger partial charge in [-0.05, 0) is 12.5 Å². The number of amides is 1. The van der Waals surface area contributed by atoms with Gasteiger partial charge < -0.3 is 18.9 Å². The number of pyridine rings is 1. The molecule has 150 valence electrons. The standard InChI is InChI=1S/C18H23N5O5/c1-27-9-8-23-17(26)22-13-18(28-11-14(22)19-23)5-7-21(12-18)16(25)10-20-6-3-2-4-15(20)24/h2-4,6H,5,7-13H2,1H3. The molecule has 0 radical (unpaired) electrons. The van der Waals surface area contributed by atoms with Gasteiger partial charge >= 0.3 is 5.69 Å². The molecule has 0 aromatic carbocycles. The van der Waals surface area contributed by atoms with E-state index >= 15 is 0 Å². The normalized spacial score (nSPS) is 21.2. The second kappa shape index (κ2) is 7.36.